The third-order valence-corrected chi connectivity index (χ3v) is 4.25. The number of tetrazole rings is 1. The van der Waals surface area contributed by atoms with E-state index in [0.29, 0.717) is 5.82 Å². The van der Waals surface area contributed by atoms with Crippen molar-refractivity contribution in [1.82, 2.24) is 30.3 Å². The van der Waals surface area contributed by atoms with Crippen LogP contribution in [0, 0.1) is 0 Å². The van der Waals surface area contributed by atoms with E-state index in [-0.39, 0.29) is 23.8 Å². The lowest BCUT2D eigenvalue weighted by Gasteiger charge is -2.06. The van der Waals surface area contributed by atoms with Crippen LogP contribution >= 0.6 is 11.3 Å². The summed E-state index contributed by atoms with van der Waals surface area (Å²) in [6.07, 6.45) is -4.44. The second-order valence-corrected chi connectivity index (χ2v) is 6.16. The normalized spacial score (nSPS) is 11.8. The second kappa shape index (κ2) is 6.33. The molecule has 0 unspecified atom stereocenters. The van der Waals surface area contributed by atoms with Gasteiger partial charge in [-0.1, -0.05) is 23.4 Å². The predicted octanol–water partition coefficient (Wildman–Crippen LogP) is 3.52. The van der Waals surface area contributed by atoms with E-state index in [9.17, 15) is 13.2 Å². The third kappa shape index (κ3) is 3.33. The van der Waals surface area contributed by atoms with Crippen molar-refractivity contribution in [3.8, 4) is 22.1 Å². The Morgan fingerprint density at radius 1 is 1.12 bits per heavy atom. The third-order valence-electron chi connectivity index (χ3n) is 3.39. The molecular formula is C15H9F3N6OS. The first-order valence-electron chi connectivity index (χ1n) is 7.31. The Bertz CT molecular complexity index is 1020. The van der Waals surface area contributed by atoms with Gasteiger partial charge < -0.3 is 4.52 Å². The average molecular weight is 378 g/mol. The van der Waals surface area contributed by atoms with Gasteiger partial charge in [0.05, 0.1) is 10.4 Å². The van der Waals surface area contributed by atoms with Crippen molar-refractivity contribution in [3.63, 3.8) is 0 Å². The highest BCUT2D eigenvalue weighted by molar-refractivity contribution is 7.13. The summed E-state index contributed by atoms with van der Waals surface area (Å²) in [5.74, 6) is 0.795. The minimum absolute atomic E-state index is 0.0599. The molecule has 26 heavy (non-hydrogen) atoms. The molecule has 11 heteroatoms. The first-order valence-corrected chi connectivity index (χ1v) is 8.19. The van der Waals surface area contributed by atoms with Gasteiger partial charge in [-0.3, -0.25) is 0 Å². The summed E-state index contributed by atoms with van der Waals surface area (Å²) in [5, 5.41) is 17.4. The molecule has 132 valence electrons. The molecule has 0 fully saturated rings. The van der Waals surface area contributed by atoms with Crippen LogP contribution in [-0.2, 0) is 12.7 Å². The SMILES string of the molecule is FC(F)(F)c1cccc(-c2nnn(Cc3nc(-c4cccs4)no3)n2)c1. The quantitative estimate of drug-likeness (QED) is 0.540. The van der Waals surface area contributed by atoms with Gasteiger partial charge in [-0.05, 0) is 28.8 Å². The van der Waals surface area contributed by atoms with E-state index < -0.39 is 11.7 Å². The Hall–Kier alpha value is -3.08. The van der Waals surface area contributed by atoms with Crippen molar-refractivity contribution >= 4 is 11.3 Å². The van der Waals surface area contributed by atoms with Crippen LogP contribution in [0.5, 0.6) is 0 Å². The number of hydrogen-bond donors (Lipinski definition) is 0. The fourth-order valence-electron chi connectivity index (χ4n) is 2.21. The van der Waals surface area contributed by atoms with Crippen LogP contribution in [0.1, 0.15) is 11.5 Å². The molecule has 4 rings (SSSR count). The van der Waals surface area contributed by atoms with Crippen molar-refractivity contribution < 1.29 is 17.7 Å². The van der Waals surface area contributed by atoms with Gasteiger partial charge in [0.2, 0.25) is 11.6 Å². The summed E-state index contributed by atoms with van der Waals surface area (Å²) < 4.78 is 43.6. The number of alkyl halides is 3. The van der Waals surface area contributed by atoms with Gasteiger partial charge in [-0.25, -0.2) is 0 Å². The molecule has 0 spiro atoms. The van der Waals surface area contributed by atoms with Crippen LogP contribution in [0.2, 0.25) is 0 Å². The first-order chi connectivity index (χ1) is 12.5. The standard InChI is InChI=1S/C15H9F3N6OS/c16-15(17,18)10-4-1-3-9(7-10)13-20-23-24(21-13)8-12-19-14(22-25-12)11-5-2-6-26-11/h1-7H,8H2. The highest BCUT2D eigenvalue weighted by Crippen LogP contribution is 2.31. The van der Waals surface area contributed by atoms with E-state index in [4.69, 9.17) is 4.52 Å². The molecule has 0 aliphatic rings. The van der Waals surface area contributed by atoms with Gasteiger partial charge in [0.1, 0.15) is 6.54 Å². The molecule has 4 aromatic rings. The number of benzene rings is 1. The maximum atomic E-state index is 12.8. The summed E-state index contributed by atoms with van der Waals surface area (Å²) >= 11 is 1.47. The molecule has 1 aromatic carbocycles. The Labute approximate surface area is 148 Å². The van der Waals surface area contributed by atoms with E-state index in [0.717, 1.165) is 17.0 Å². The number of rotatable bonds is 4. The second-order valence-electron chi connectivity index (χ2n) is 5.21. The van der Waals surface area contributed by atoms with Crippen LogP contribution in [-0.4, -0.2) is 30.3 Å². The van der Waals surface area contributed by atoms with Crippen LogP contribution in [0.25, 0.3) is 22.1 Å². The fraction of sp³-hybridized carbons (Fsp3) is 0.133. The molecule has 0 aliphatic carbocycles. The monoisotopic (exact) mass is 378 g/mol. The zero-order valence-corrected chi connectivity index (χ0v) is 13.7. The van der Waals surface area contributed by atoms with Gasteiger partial charge >= 0.3 is 6.18 Å². The van der Waals surface area contributed by atoms with E-state index in [1.165, 1.54) is 28.3 Å². The average Bonchev–Trinajstić information content (AvgIpc) is 3.36. The maximum Gasteiger partial charge on any atom is 0.416 e. The molecule has 0 saturated carbocycles. The van der Waals surface area contributed by atoms with Crippen molar-refractivity contribution in [1.29, 1.82) is 0 Å². The Morgan fingerprint density at radius 3 is 2.77 bits per heavy atom. The molecule has 3 aromatic heterocycles. The molecule has 7 nitrogen and oxygen atoms in total. The van der Waals surface area contributed by atoms with Crippen LogP contribution in [0.3, 0.4) is 0 Å². The summed E-state index contributed by atoms with van der Waals surface area (Å²) in [6.45, 7) is 0.0599. The largest absolute Gasteiger partial charge is 0.416 e. The van der Waals surface area contributed by atoms with Crippen LogP contribution in [0.15, 0.2) is 46.3 Å². The zero-order chi connectivity index (χ0) is 18.1. The highest BCUT2D eigenvalue weighted by Gasteiger charge is 2.30. The Balaban J connectivity index is 1.54. The minimum atomic E-state index is -4.44. The number of nitrogens with zero attached hydrogens (tertiary/aromatic N) is 6. The van der Waals surface area contributed by atoms with Crippen LogP contribution in [0.4, 0.5) is 13.2 Å². The molecule has 0 saturated heterocycles. The van der Waals surface area contributed by atoms with Crippen molar-refractivity contribution in [2.45, 2.75) is 12.7 Å². The van der Waals surface area contributed by atoms with Crippen molar-refractivity contribution in [3.05, 3.63) is 53.2 Å². The lowest BCUT2D eigenvalue weighted by atomic mass is 10.1. The first kappa shape index (κ1) is 16.4. The Morgan fingerprint density at radius 2 is 2.00 bits per heavy atom. The highest BCUT2D eigenvalue weighted by atomic mass is 32.1. The lowest BCUT2D eigenvalue weighted by Crippen LogP contribution is -2.05. The summed E-state index contributed by atoms with van der Waals surface area (Å²) in [5.41, 5.74) is -0.556. The summed E-state index contributed by atoms with van der Waals surface area (Å²) in [4.78, 5) is 6.27. The smallest absolute Gasteiger partial charge is 0.337 e. The van der Waals surface area contributed by atoms with Gasteiger partial charge in [-0.15, -0.1) is 21.5 Å². The zero-order valence-electron chi connectivity index (χ0n) is 12.9. The van der Waals surface area contributed by atoms with E-state index in [2.05, 4.69) is 25.6 Å². The summed E-state index contributed by atoms with van der Waals surface area (Å²) in [7, 11) is 0. The molecular weight excluding hydrogens is 369 g/mol. The van der Waals surface area contributed by atoms with E-state index in [1.54, 1.807) is 0 Å². The van der Waals surface area contributed by atoms with Gasteiger partial charge in [0.25, 0.3) is 5.89 Å². The number of aromatic nitrogens is 6. The Kier molecular flexibility index (Phi) is 3.99. The number of hydrogen-bond acceptors (Lipinski definition) is 7. The minimum Gasteiger partial charge on any atom is -0.337 e. The van der Waals surface area contributed by atoms with E-state index >= 15 is 0 Å². The molecule has 0 radical (unpaired) electrons. The van der Waals surface area contributed by atoms with Crippen molar-refractivity contribution in [2.75, 3.05) is 0 Å². The maximum absolute atomic E-state index is 12.8. The predicted molar refractivity (Wildman–Crippen MR) is 85.0 cm³/mol. The molecule has 0 N–H and O–H groups in total. The van der Waals surface area contributed by atoms with Gasteiger partial charge in [0.15, 0.2) is 0 Å². The number of thiophene rings is 1. The fourth-order valence-corrected chi connectivity index (χ4v) is 2.86. The topological polar surface area (TPSA) is 82.5 Å². The molecule has 0 amide bonds. The lowest BCUT2D eigenvalue weighted by molar-refractivity contribution is -0.137. The molecule has 3 heterocycles. The van der Waals surface area contributed by atoms with Gasteiger partial charge in [-0.2, -0.15) is 23.0 Å². The van der Waals surface area contributed by atoms with E-state index in [1.807, 2.05) is 17.5 Å². The summed E-state index contributed by atoms with van der Waals surface area (Å²) in [6, 6.07) is 8.47. The van der Waals surface area contributed by atoms with Gasteiger partial charge in [0, 0.05) is 5.56 Å². The van der Waals surface area contributed by atoms with Crippen LogP contribution < -0.4 is 0 Å². The molecule has 0 aliphatic heterocycles. The van der Waals surface area contributed by atoms with Crippen molar-refractivity contribution in [2.24, 2.45) is 0 Å². The number of halogens is 3. The molecule has 0 atom stereocenters. The molecule has 0 bridgehead atoms.